The van der Waals surface area contributed by atoms with Crippen LogP contribution in [0.4, 0.5) is 4.39 Å². The molecule has 0 amide bonds. The number of rotatable bonds is 5. The lowest BCUT2D eigenvalue weighted by Gasteiger charge is -2.12. The van der Waals surface area contributed by atoms with E-state index in [0.717, 1.165) is 0 Å². The summed E-state index contributed by atoms with van der Waals surface area (Å²) < 4.78 is 24.1. The molecule has 3 nitrogen and oxygen atoms in total. The first-order chi connectivity index (χ1) is 9.17. The molecule has 0 fully saturated rings. The SMILES string of the molecule is COc1ccsc1C(O)Cc1cccc(OC)c1F. The van der Waals surface area contributed by atoms with E-state index in [1.54, 1.807) is 31.4 Å². The predicted molar refractivity (Wildman–Crippen MR) is 72.5 cm³/mol. The van der Waals surface area contributed by atoms with Gasteiger partial charge in [0.25, 0.3) is 0 Å². The molecule has 0 bridgehead atoms. The first kappa shape index (κ1) is 13.8. The van der Waals surface area contributed by atoms with Gasteiger partial charge >= 0.3 is 0 Å². The summed E-state index contributed by atoms with van der Waals surface area (Å²) >= 11 is 1.39. The van der Waals surface area contributed by atoms with Crippen LogP contribution in [0.1, 0.15) is 16.5 Å². The maximum absolute atomic E-state index is 14.0. The topological polar surface area (TPSA) is 38.7 Å². The molecular weight excluding hydrogens is 267 g/mol. The van der Waals surface area contributed by atoms with Gasteiger partial charge in [-0.2, -0.15) is 0 Å². The fourth-order valence-electron chi connectivity index (χ4n) is 1.89. The second-order valence-electron chi connectivity index (χ2n) is 4.01. The molecule has 2 rings (SSSR count). The number of aliphatic hydroxyl groups is 1. The van der Waals surface area contributed by atoms with E-state index in [1.807, 2.05) is 5.38 Å². The first-order valence-corrected chi connectivity index (χ1v) is 6.66. The largest absolute Gasteiger partial charge is 0.495 e. The number of aliphatic hydroxyl groups excluding tert-OH is 1. The fraction of sp³-hybridized carbons (Fsp3) is 0.286. The Kier molecular flexibility index (Phi) is 4.39. The molecule has 102 valence electrons. The van der Waals surface area contributed by atoms with E-state index < -0.39 is 11.9 Å². The molecule has 0 radical (unpaired) electrons. The Labute approximate surface area is 115 Å². The summed E-state index contributed by atoms with van der Waals surface area (Å²) in [6, 6.07) is 6.68. The van der Waals surface area contributed by atoms with Crippen LogP contribution >= 0.6 is 11.3 Å². The van der Waals surface area contributed by atoms with Gasteiger partial charge in [-0.3, -0.25) is 0 Å². The lowest BCUT2D eigenvalue weighted by atomic mass is 10.1. The van der Waals surface area contributed by atoms with Crippen LogP contribution in [-0.2, 0) is 6.42 Å². The third kappa shape index (κ3) is 2.88. The third-order valence-electron chi connectivity index (χ3n) is 2.86. The van der Waals surface area contributed by atoms with Crippen LogP contribution in [0.25, 0.3) is 0 Å². The van der Waals surface area contributed by atoms with Gasteiger partial charge in [-0.15, -0.1) is 11.3 Å². The number of thiophene rings is 1. The van der Waals surface area contributed by atoms with Crippen molar-refractivity contribution in [2.24, 2.45) is 0 Å². The normalized spacial score (nSPS) is 12.2. The van der Waals surface area contributed by atoms with E-state index in [2.05, 4.69) is 0 Å². The zero-order chi connectivity index (χ0) is 13.8. The Balaban J connectivity index is 2.22. The standard InChI is InChI=1S/C14H15FO3S/c1-17-11-5-3-4-9(13(11)15)8-10(16)14-12(18-2)6-7-19-14/h3-7,10,16H,8H2,1-2H3. The number of hydrogen-bond donors (Lipinski definition) is 1. The summed E-state index contributed by atoms with van der Waals surface area (Å²) in [5.74, 6) is 0.378. The van der Waals surface area contributed by atoms with Crippen LogP contribution in [0.3, 0.4) is 0 Å². The number of ether oxygens (including phenoxy) is 2. The van der Waals surface area contributed by atoms with E-state index in [-0.39, 0.29) is 12.2 Å². The summed E-state index contributed by atoms with van der Waals surface area (Å²) in [6.07, 6.45) is -0.614. The van der Waals surface area contributed by atoms with Crippen molar-refractivity contribution in [1.29, 1.82) is 0 Å². The van der Waals surface area contributed by atoms with Gasteiger partial charge < -0.3 is 14.6 Å². The smallest absolute Gasteiger partial charge is 0.168 e. The first-order valence-electron chi connectivity index (χ1n) is 5.78. The summed E-state index contributed by atoms with van der Waals surface area (Å²) in [6.45, 7) is 0. The van der Waals surface area contributed by atoms with E-state index >= 15 is 0 Å². The molecule has 1 aromatic carbocycles. The highest BCUT2D eigenvalue weighted by molar-refractivity contribution is 7.10. The van der Waals surface area contributed by atoms with Crippen molar-refractivity contribution in [2.75, 3.05) is 14.2 Å². The Morgan fingerprint density at radius 3 is 2.63 bits per heavy atom. The van der Waals surface area contributed by atoms with E-state index in [0.29, 0.717) is 16.2 Å². The van der Waals surface area contributed by atoms with Gasteiger partial charge in [0.15, 0.2) is 11.6 Å². The Hall–Kier alpha value is -1.59. The van der Waals surface area contributed by atoms with Crippen LogP contribution in [-0.4, -0.2) is 19.3 Å². The second kappa shape index (κ2) is 6.04. The molecule has 0 aliphatic rings. The van der Waals surface area contributed by atoms with Crippen LogP contribution in [0.5, 0.6) is 11.5 Å². The molecule has 1 unspecified atom stereocenters. The minimum absolute atomic E-state index is 0.180. The van der Waals surface area contributed by atoms with Crippen molar-refractivity contribution in [1.82, 2.24) is 0 Å². The molecule has 2 aromatic rings. The quantitative estimate of drug-likeness (QED) is 0.915. The molecule has 1 atom stereocenters. The average molecular weight is 282 g/mol. The van der Waals surface area contributed by atoms with Gasteiger partial charge in [-0.1, -0.05) is 12.1 Å². The molecular formula is C14H15FO3S. The molecule has 5 heteroatoms. The monoisotopic (exact) mass is 282 g/mol. The highest BCUT2D eigenvalue weighted by Gasteiger charge is 2.18. The molecule has 0 saturated carbocycles. The van der Waals surface area contributed by atoms with Gasteiger partial charge in [0.2, 0.25) is 0 Å². The van der Waals surface area contributed by atoms with Crippen LogP contribution in [0.15, 0.2) is 29.6 Å². The summed E-state index contributed by atoms with van der Waals surface area (Å²) in [5.41, 5.74) is 0.419. The van der Waals surface area contributed by atoms with Crippen molar-refractivity contribution < 1.29 is 19.0 Å². The molecule has 1 heterocycles. The van der Waals surface area contributed by atoms with Gasteiger partial charge in [-0.05, 0) is 23.1 Å². The zero-order valence-electron chi connectivity index (χ0n) is 10.7. The van der Waals surface area contributed by atoms with Gasteiger partial charge in [-0.25, -0.2) is 4.39 Å². The molecule has 0 aliphatic carbocycles. The van der Waals surface area contributed by atoms with Gasteiger partial charge in [0.1, 0.15) is 5.75 Å². The van der Waals surface area contributed by atoms with Crippen molar-refractivity contribution in [3.05, 3.63) is 45.9 Å². The van der Waals surface area contributed by atoms with E-state index in [1.165, 1.54) is 18.4 Å². The van der Waals surface area contributed by atoms with Crippen molar-refractivity contribution in [2.45, 2.75) is 12.5 Å². The molecule has 0 aliphatic heterocycles. The molecule has 0 saturated heterocycles. The van der Waals surface area contributed by atoms with Crippen LogP contribution < -0.4 is 9.47 Å². The molecule has 1 aromatic heterocycles. The number of methoxy groups -OCH3 is 2. The van der Waals surface area contributed by atoms with Gasteiger partial charge in [0, 0.05) is 6.42 Å². The minimum Gasteiger partial charge on any atom is -0.495 e. The Bertz CT molecular complexity index is 553. The molecule has 1 N–H and O–H groups in total. The second-order valence-corrected chi connectivity index (χ2v) is 4.95. The lowest BCUT2D eigenvalue weighted by molar-refractivity contribution is 0.176. The Morgan fingerprint density at radius 2 is 1.95 bits per heavy atom. The highest BCUT2D eigenvalue weighted by atomic mass is 32.1. The molecule has 0 spiro atoms. The van der Waals surface area contributed by atoms with Crippen LogP contribution in [0, 0.1) is 5.82 Å². The maximum Gasteiger partial charge on any atom is 0.168 e. The summed E-state index contributed by atoms with van der Waals surface area (Å²) in [7, 11) is 2.96. The molecule has 19 heavy (non-hydrogen) atoms. The van der Waals surface area contributed by atoms with Crippen molar-refractivity contribution >= 4 is 11.3 Å². The lowest BCUT2D eigenvalue weighted by Crippen LogP contribution is -2.04. The summed E-state index contributed by atoms with van der Waals surface area (Å²) in [4.78, 5) is 0.699. The Morgan fingerprint density at radius 1 is 1.21 bits per heavy atom. The van der Waals surface area contributed by atoms with Crippen molar-refractivity contribution in [3.63, 3.8) is 0 Å². The minimum atomic E-state index is -0.795. The zero-order valence-corrected chi connectivity index (χ0v) is 11.5. The number of benzene rings is 1. The fourth-order valence-corrected chi connectivity index (χ4v) is 2.74. The summed E-state index contributed by atoms with van der Waals surface area (Å²) in [5, 5.41) is 12.0. The number of hydrogen-bond acceptors (Lipinski definition) is 4. The van der Waals surface area contributed by atoms with Crippen LogP contribution in [0.2, 0.25) is 0 Å². The van der Waals surface area contributed by atoms with Gasteiger partial charge in [0.05, 0.1) is 25.2 Å². The van der Waals surface area contributed by atoms with Crippen molar-refractivity contribution in [3.8, 4) is 11.5 Å². The number of halogens is 1. The van der Waals surface area contributed by atoms with E-state index in [4.69, 9.17) is 9.47 Å². The average Bonchev–Trinajstić information content (AvgIpc) is 2.89. The van der Waals surface area contributed by atoms with E-state index in [9.17, 15) is 9.50 Å². The highest BCUT2D eigenvalue weighted by Crippen LogP contribution is 2.33. The third-order valence-corrected chi connectivity index (χ3v) is 3.86. The maximum atomic E-state index is 14.0. The predicted octanol–water partition coefficient (Wildman–Crippen LogP) is 3.18.